The summed E-state index contributed by atoms with van der Waals surface area (Å²) in [5.74, 6) is 0.815. The molecule has 1 saturated carbocycles. The standard InChI is InChI=1S/C17H22N2S/c1-3-15-11-19-17(20-15)12(2)18-10-14-6-4-5-7-16(14)13-8-9-13/h4-7,11-13,18H,3,8-10H2,1-2H3. The Kier molecular flexibility index (Phi) is 4.18. The molecule has 0 spiro atoms. The quantitative estimate of drug-likeness (QED) is 0.849. The molecular formula is C17H22N2S. The van der Waals surface area contributed by atoms with E-state index in [1.807, 2.05) is 17.5 Å². The lowest BCUT2D eigenvalue weighted by atomic mass is 10.0. The van der Waals surface area contributed by atoms with Gasteiger partial charge in [0.1, 0.15) is 5.01 Å². The molecule has 1 aliphatic rings. The van der Waals surface area contributed by atoms with Crippen LogP contribution in [-0.4, -0.2) is 4.98 Å². The third kappa shape index (κ3) is 3.10. The van der Waals surface area contributed by atoms with Gasteiger partial charge in [0.15, 0.2) is 0 Å². The smallest absolute Gasteiger partial charge is 0.109 e. The number of hydrogen-bond donors (Lipinski definition) is 1. The SMILES string of the molecule is CCc1cnc(C(C)NCc2ccccc2C2CC2)s1. The highest BCUT2D eigenvalue weighted by atomic mass is 32.1. The van der Waals surface area contributed by atoms with Crippen molar-refractivity contribution in [2.24, 2.45) is 0 Å². The van der Waals surface area contributed by atoms with Crippen molar-refractivity contribution in [3.63, 3.8) is 0 Å². The van der Waals surface area contributed by atoms with E-state index in [0.29, 0.717) is 6.04 Å². The fourth-order valence-electron chi connectivity index (χ4n) is 2.52. The third-order valence-electron chi connectivity index (χ3n) is 3.96. The average Bonchev–Trinajstić information content (AvgIpc) is 3.22. The number of nitrogens with one attached hydrogen (secondary N) is 1. The number of aryl methyl sites for hydroxylation is 1. The van der Waals surface area contributed by atoms with Crippen molar-refractivity contribution in [2.75, 3.05) is 0 Å². The van der Waals surface area contributed by atoms with Gasteiger partial charge in [-0.05, 0) is 43.2 Å². The highest BCUT2D eigenvalue weighted by Crippen LogP contribution is 2.41. The van der Waals surface area contributed by atoms with Gasteiger partial charge in [-0.25, -0.2) is 4.98 Å². The zero-order valence-electron chi connectivity index (χ0n) is 12.2. The Bertz CT molecular complexity index is 572. The minimum Gasteiger partial charge on any atom is -0.304 e. The van der Waals surface area contributed by atoms with Crippen LogP contribution in [0.1, 0.15) is 59.7 Å². The summed E-state index contributed by atoms with van der Waals surface area (Å²) >= 11 is 1.83. The number of thiazole rings is 1. The second kappa shape index (κ2) is 6.06. The van der Waals surface area contributed by atoms with Crippen LogP contribution in [0.5, 0.6) is 0 Å². The highest BCUT2D eigenvalue weighted by Gasteiger charge is 2.25. The van der Waals surface area contributed by atoms with Crippen LogP contribution in [0, 0.1) is 0 Å². The first-order valence-corrected chi connectivity index (χ1v) is 8.35. The number of hydrogen-bond acceptors (Lipinski definition) is 3. The molecule has 0 saturated heterocycles. The van der Waals surface area contributed by atoms with Crippen LogP contribution in [0.4, 0.5) is 0 Å². The van der Waals surface area contributed by atoms with E-state index in [1.54, 1.807) is 5.56 Å². The van der Waals surface area contributed by atoms with Gasteiger partial charge >= 0.3 is 0 Å². The summed E-state index contributed by atoms with van der Waals surface area (Å²) in [5.41, 5.74) is 3.00. The summed E-state index contributed by atoms with van der Waals surface area (Å²) in [6.07, 6.45) is 5.81. The predicted octanol–water partition coefficient (Wildman–Crippen LogP) is 4.43. The molecule has 1 aromatic heterocycles. The number of aromatic nitrogens is 1. The van der Waals surface area contributed by atoms with Gasteiger partial charge in [-0.15, -0.1) is 11.3 Å². The molecule has 3 rings (SSSR count). The minimum atomic E-state index is 0.326. The normalized spacial score (nSPS) is 16.3. The average molecular weight is 286 g/mol. The summed E-state index contributed by atoms with van der Waals surface area (Å²) in [6, 6.07) is 9.18. The van der Waals surface area contributed by atoms with E-state index in [2.05, 4.69) is 48.4 Å². The molecule has 20 heavy (non-hydrogen) atoms. The molecule has 1 fully saturated rings. The lowest BCUT2D eigenvalue weighted by molar-refractivity contribution is 0.569. The zero-order chi connectivity index (χ0) is 13.9. The Morgan fingerprint density at radius 3 is 2.85 bits per heavy atom. The molecule has 1 atom stereocenters. The molecule has 1 heterocycles. The van der Waals surface area contributed by atoms with Crippen molar-refractivity contribution in [1.82, 2.24) is 10.3 Å². The number of nitrogens with zero attached hydrogens (tertiary/aromatic N) is 1. The van der Waals surface area contributed by atoms with E-state index < -0.39 is 0 Å². The zero-order valence-corrected chi connectivity index (χ0v) is 13.0. The minimum absolute atomic E-state index is 0.326. The molecular weight excluding hydrogens is 264 g/mol. The van der Waals surface area contributed by atoms with E-state index >= 15 is 0 Å². The maximum absolute atomic E-state index is 4.53. The van der Waals surface area contributed by atoms with Crippen LogP contribution in [0.25, 0.3) is 0 Å². The van der Waals surface area contributed by atoms with E-state index in [0.717, 1.165) is 18.9 Å². The van der Waals surface area contributed by atoms with E-state index in [1.165, 1.54) is 28.3 Å². The molecule has 1 N–H and O–H groups in total. The van der Waals surface area contributed by atoms with Gasteiger partial charge in [0, 0.05) is 17.6 Å². The molecule has 1 aliphatic carbocycles. The van der Waals surface area contributed by atoms with Crippen LogP contribution in [-0.2, 0) is 13.0 Å². The van der Waals surface area contributed by atoms with Crippen molar-refractivity contribution in [1.29, 1.82) is 0 Å². The van der Waals surface area contributed by atoms with E-state index in [9.17, 15) is 0 Å². The van der Waals surface area contributed by atoms with Gasteiger partial charge in [0.05, 0.1) is 6.04 Å². The molecule has 1 aromatic carbocycles. The summed E-state index contributed by atoms with van der Waals surface area (Å²) in [7, 11) is 0. The lowest BCUT2D eigenvalue weighted by Gasteiger charge is -2.14. The molecule has 2 nitrogen and oxygen atoms in total. The molecule has 1 unspecified atom stereocenters. The van der Waals surface area contributed by atoms with E-state index in [-0.39, 0.29) is 0 Å². The molecule has 106 valence electrons. The maximum atomic E-state index is 4.53. The largest absolute Gasteiger partial charge is 0.304 e. The predicted molar refractivity (Wildman–Crippen MR) is 85.2 cm³/mol. The Hall–Kier alpha value is -1.19. The molecule has 2 aromatic rings. The van der Waals surface area contributed by atoms with Gasteiger partial charge in [-0.1, -0.05) is 31.2 Å². The number of benzene rings is 1. The summed E-state index contributed by atoms with van der Waals surface area (Å²) in [6.45, 7) is 5.33. The molecule has 3 heteroatoms. The van der Waals surface area contributed by atoms with E-state index in [4.69, 9.17) is 0 Å². The van der Waals surface area contributed by atoms with Crippen molar-refractivity contribution in [3.05, 3.63) is 51.5 Å². The Morgan fingerprint density at radius 2 is 2.15 bits per heavy atom. The van der Waals surface area contributed by atoms with Crippen LogP contribution in [0.15, 0.2) is 30.5 Å². The first-order valence-electron chi connectivity index (χ1n) is 7.53. The lowest BCUT2D eigenvalue weighted by Crippen LogP contribution is -2.18. The molecule has 0 radical (unpaired) electrons. The first-order chi connectivity index (χ1) is 9.78. The summed E-state index contributed by atoms with van der Waals surface area (Å²) in [4.78, 5) is 5.89. The second-order valence-electron chi connectivity index (χ2n) is 5.59. The van der Waals surface area contributed by atoms with Crippen LogP contribution >= 0.6 is 11.3 Å². The fraction of sp³-hybridized carbons (Fsp3) is 0.471. The van der Waals surface area contributed by atoms with Gasteiger partial charge in [0.2, 0.25) is 0 Å². The Morgan fingerprint density at radius 1 is 1.35 bits per heavy atom. The van der Waals surface area contributed by atoms with Crippen molar-refractivity contribution in [3.8, 4) is 0 Å². The van der Waals surface area contributed by atoms with Crippen molar-refractivity contribution < 1.29 is 0 Å². The van der Waals surface area contributed by atoms with Crippen LogP contribution < -0.4 is 5.32 Å². The van der Waals surface area contributed by atoms with Crippen molar-refractivity contribution >= 4 is 11.3 Å². The van der Waals surface area contributed by atoms with Gasteiger partial charge in [0.25, 0.3) is 0 Å². The monoisotopic (exact) mass is 286 g/mol. The van der Waals surface area contributed by atoms with Crippen LogP contribution in [0.3, 0.4) is 0 Å². The number of rotatable bonds is 6. The third-order valence-corrected chi connectivity index (χ3v) is 5.29. The molecule has 0 bridgehead atoms. The maximum Gasteiger partial charge on any atom is 0.109 e. The summed E-state index contributed by atoms with van der Waals surface area (Å²) < 4.78 is 0. The topological polar surface area (TPSA) is 24.9 Å². The van der Waals surface area contributed by atoms with Gasteiger partial charge < -0.3 is 5.32 Å². The highest BCUT2D eigenvalue weighted by molar-refractivity contribution is 7.11. The van der Waals surface area contributed by atoms with Crippen molar-refractivity contribution in [2.45, 2.75) is 51.6 Å². The Balaban J connectivity index is 1.64. The Labute approximate surface area is 125 Å². The molecule has 0 aliphatic heterocycles. The van der Waals surface area contributed by atoms with Crippen LogP contribution in [0.2, 0.25) is 0 Å². The first kappa shape index (κ1) is 13.8. The fourth-order valence-corrected chi connectivity index (χ4v) is 3.41. The molecule has 0 amide bonds. The summed E-state index contributed by atoms with van der Waals surface area (Å²) in [5, 5.41) is 4.82. The van der Waals surface area contributed by atoms with Gasteiger partial charge in [-0.3, -0.25) is 0 Å². The second-order valence-corrected chi connectivity index (χ2v) is 6.74. The van der Waals surface area contributed by atoms with Gasteiger partial charge in [-0.2, -0.15) is 0 Å².